The Morgan fingerprint density at radius 1 is 1.36 bits per heavy atom. The highest BCUT2D eigenvalue weighted by atomic mass is 16.4. The molecule has 1 rings (SSSR count). The monoisotopic (exact) mass is 193 g/mol. The summed E-state index contributed by atoms with van der Waals surface area (Å²) in [7, 11) is 0. The van der Waals surface area contributed by atoms with Crippen LogP contribution in [-0.2, 0) is 4.79 Å². The molecule has 76 valence electrons. The van der Waals surface area contributed by atoms with E-state index < -0.39 is 11.5 Å². The Bertz CT molecular complexity index is 345. The van der Waals surface area contributed by atoms with Crippen molar-refractivity contribution in [1.82, 2.24) is 0 Å². The molecule has 0 heterocycles. The standard InChI is InChI=1S/C11H15NO2/c1-8-6-4-5-7-9(8)12-11(2,3)10(13)14/h4-7,12H,1-3H3,(H,13,14). The summed E-state index contributed by atoms with van der Waals surface area (Å²) in [6.45, 7) is 5.23. The summed E-state index contributed by atoms with van der Waals surface area (Å²) in [5, 5.41) is 11.9. The van der Waals surface area contributed by atoms with Crippen molar-refractivity contribution in [3.63, 3.8) is 0 Å². The maximum Gasteiger partial charge on any atom is 0.328 e. The molecule has 2 N–H and O–H groups in total. The molecule has 0 fully saturated rings. The second-order valence-corrected chi connectivity index (χ2v) is 3.87. The molecule has 0 aliphatic heterocycles. The molecule has 0 saturated heterocycles. The summed E-state index contributed by atoms with van der Waals surface area (Å²) in [4.78, 5) is 10.9. The van der Waals surface area contributed by atoms with E-state index in [2.05, 4.69) is 5.32 Å². The van der Waals surface area contributed by atoms with Gasteiger partial charge in [0.15, 0.2) is 0 Å². The molecular formula is C11H15NO2. The Morgan fingerprint density at radius 2 is 1.93 bits per heavy atom. The normalized spacial score (nSPS) is 11.1. The topological polar surface area (TPSA) is 49.3 Å². The van der Waals surface area contributed by atoms with E-state index in [1.165, 1.54) is 0 Å². The van der Waals surface area contributed by atoms with Crippen molar-refractivity contribution in [2.75, 3.05) is 5.32 Å². The lowest BCUT2D eigenvalue weighted by Crippen LogP contribution is -2.40. The van der Waals surface area contributed by atoms with Gasteiger partial charge < -0.3 is 10.4 Å². The van der Waals surface area contributed by atoms with E-state index in [1.807, 2.05) is 31.2 Å². The number of carboxylic acid groups (broad SMARTS) is 1. The predicted molar refractivity (Wildman–Crippen MR) is 56.5 cm³/mol. The predicted octanol–water partition coefficient (Wildman–Crippen LogP) is 2.27. The number of anilines is 1. The van der Waals surface area contributed by atoms with Gasteiger partial charge in [-0.25, -0.2) is 4.79 Å². The Labute approximate surface area is 83.8 Å². The molecule has 0 spiro atoms. The van der Waals surface area contributed by atoms with Crippen molar-refractivity contribution < 1.29 is 9.90 Å². The highest BCUT2D eigenvalue weighted by Crippen LogP contribution is 2.18. The van der Waals surface area contributed by atoms with Gasteiger partial charge in [-0.05, 0) is 32.4 Å². The number of carbonyl (C=O) groups is 1. The lowest BCUT2D eigenvalue weighted by atomic mass is 10.0. The molecule has 1 aromatic rings. The molecule has 14 heavy (non-hydrogen) atoms. The van der Waals surface area contributed by atoms with E-state index in [0.29, 0.717) is 0 Å². The summed E-state index contributed by atoms with van der Waals surface area (Å²) in [5.74, 6) is -0.860. The van der Waals surface area contributed by atoms with Crippen LogP contribution in [0.15, 0.2) is 24.3 Å². The molecule has 0 atom stereocenters. The van der Waals surface area contributed by atoms with Crippen molar-refractivity contribution in [3.8, 4) is 0 Å². The van der Waals surface area contributed by atoms with Gasteiger partial charge in [-0.3, -0.25) is 0 Å². The molecule has 1 aromatic carbocycles. The van der Waals surface area contributed by atoms with Gasteiger partial charge in [0.2, 0.25) is 0 Å². The van der Waals surface area contributed by atoms with Gasteiger partial charge in [0.1, 0.15) is 5.54 Å². The summed E-state index contributed by atoms with van der Waals surface area (Å²) >= 11 is 0. The highest BCUT2D eigenvalue weighted by Gasteiger charge is 2.26. The van der Waals surface area contributed by atoms with E-state index in [0.717, 1.165) is 11.3 Å². The van der Waals surface area contributed by atoms with E-state index >= 15 is 0 Å². The van der Waals surface area contributed by atoms with Crippen molar-refractivity contribution in [3.05, 3.63) is 29.8 Å². The molecule has 0 aliphatic carbocycles. The molecule has 0 saturated carbocycles. The molecule has 0 bridgehead atoms. The molecular weight excluding hydrogens is 178 g/mol. The Hall–Kier alpha value is -1.51. The Morgan fingerprint density at radius 3 is 2.43 bits per heavy atom. The quantitative estimate of drug-likeness (QED) is 0.774. The van der Waals surface area contributed by atoms with Crippen LogP contribution < -0.4 is 5.32 Å². The zero-order valence-corrected chi connectivity index (χ0v) is 8.66. The largest absolute Gasteiger partial charge is 0.480 e. The molecule has 0 amide bonds. The van der Waals surface area contributed by atoms with E-state index in [9.17, 15) is 4.79 Å². The number of para-hydroxylation sites is 1. The van der Waals surface area contributed by atoms with Crippen LogP contribution >= 0.6 is 0 Å². The molecule has 3 nitrogen and oxygen atoms in total. The van der Waals surface area contributed by atoms with Crippen molar-refractivity contribution in [1.29, 1.82) is 0 Å². The smallest absolute Gasteiger partial charge is 0.328 e. The van der Waals surface area contributed by atoms with Gasteiger partial charge in [-0.15, -0.1) is 0 Å². The fraction of sp³-hybridized carbons (Fsp3) is 0.364. The van der Waals surface area contributed by atoms with Crippen LogP contribution in [0.5, 0.6) is 0 Å². The first-order chi connectivity index (χ1) is 6.43. The molecule has 0 radical (unpaired) electrons. The van der Waals surface area contributed by atoms with Crippen LogP contribution in [0.25, 0.3) is 0 Å². The number of rotatable bonds is 3. The van der Waals surface area contributed by atoms with Crippen molar-refractivity contribution in [2.24, 2.45) is 0 Å². The molecule has 3 heteroatoms. The molecule has 0 aliphatic rings. The Balaban J connectivity index is 2.89. The first-order valence-corrected chi connectivity index (χ1v) is 4.51. The second-order valence-electron chi connectivity index (χ2n) is 3.87. The lowest BCUT2D eigenvalue weighted by molar-refractivity contribution is -0.141. The number of hydrogen-bond donors (Lipinski definition) is 2. The number of hydrogen-bond acceptors (Lipinski definition) is 2. The third-order valence-electron chi connectivity index (χ3n) is 2.13. The van der Waals surface area contributed by atoms with Gasteiger partial charge in [0, 0.05) is 5.69 Å². The minimum Gasteiger partial charge on any atom is -0.480 e. The van der Waals surface area contributed by atoms with Gasteiger partial charge >= 0.3 is 5.97 Å². The zero-order valence-electron chi connectivity index (χ0n) is 8.66. The fourth-order valence-electron chi connectivity index (χ4n) is 1.10. The average molecular weight is 193 g/mol. The van der Waals surface area contributed by atoms with E-state index in [1.54, 1.807) is 13.8 Å². The maximum atomic E-state index is 10.9. The molecule has 0 aromatic heterocycles. The van der Waals surface area contributed by atoms with Crippen LogP contribution in [0, 0.1) is 6.92 Å². The lowest BCUT2D eigenvalue weighted by Gasteiger charge is -2.23. The van der Waals surface area contributed by atoms with Crippen LogP contribution in [0.2, 0.25) is 0 Å². The van der Waals surface area contributed by atoms with Gasteiger partial charge in [-0.1, -0.05) is 18.2 Å². The third-order valence-corrected chi connectivity index (χ3v) is 2.13. The van der Waals surface area contributed by atoms with Crippen LogP contribution in [0.3, 0.4) is 0 Å². The van der Waals surface area contributed by atoms with Crippen LogP contribution in [-0.4, -0.2) is 16.6 Å². The number of aryl methyl sites for hydroxylation is 1. The highest BCUT2D eigenvalue weighted by molar-refractivity contribution is 5.81. The van der Waals surface area contributed by atoms with Gasteiger partial charge in [0.25, 0.3) is 0 Å². The van der Waals surface area contributed by atoms with Crippen LogP contribution in [0.4, 0.5) is 5.69 Å². The first-order valence-electron chi connectivity index (χ1n) is 4.51. The number of carboxylic acids is 1. The zero-order chi connectivity index (χ0) is 10.8. The minimum absolute atomic E-state index is 0.860. The van der Waals surface area contributed by atoms with Crippen LogP contribution in [0.1, 0.15) is 19.4 Å². The summed E-state index contributed by atoms with van der Waals surface area (Å²) in [5.41, 5.74) is 0.966. The van der Waals surface area contributed by atoms with Crippen molar-refractivity contribution >= 4 is 11.7 Å². The maximum absolute atomic E-state index is 10.9. The third kappa shape index (κ3) is 2.25. The summed E-state index contributed by atoms with van der Waals surface area (Å²) < 4.78 is 0. The molecule has 0 unspecified atom stereocenters. The first kappa shape index (κ1) is 10.6. The number of benzene rings is 1. The van der Waals surface area contributed by atoms with Crippen molar-refractivity contribution in [2.45, 2.75) is 26.3 Å². The van der Waals surface area contributed by atoms with Gasteiger partial charge in [-0.2, -0.15) is 0 Å². The van der Waals surface area contributed by atoms with E-state index in [-0.39, 0.29) is 0 Å². The Kier molecular flexibility index (Phi) is 2.79. The number of aliphatic carboxylic acids is 1. The van der Waals surface area contributed by atoms with E-state index in [4.69, 9.17) is 5.11 Å². The summed E-state index contributed by atoms with van der Waals surface area (Å²) in [6.07, 6.45) is 0. The second kappa shape index (κ2) is 3.70. The minimum atomic E-state index is -0.938. The fourth-order valence-corrected chi connectivity index (χ4v) is 1.10. The number of nitrogens with one attached hydrogen (secondary N) is 1. The SMILES string of the molecule is Cc1ccccc1NC(C)(C)C(=O)O. The van der Waals surface area contributed by atoms with Gasteiger partial charge in [0.05, 0.1) is 0 Å². The average Bonchev–Trinajstić information content (AvgIpc) is 2.08. The summed E-state index contributed by atoms with van der Waals surface area (Å²) in [6, 6.07) is 7.63.